The Balaban J connectivity index is 1.64. The molecular formula is C21H22N2O4. The third-order valence-corrected chi connectivity index (χ3v) is 4.80. The summed E-state index contributed by atoms with van der Waals surface area (Å²) in [6.45, 7) is 2.06. The lowest BCUT2D eigenvalue weighted by molar-refractivity contribution is -0.131. The summed E-state index contributed by atoms with van der Waals surface area (Å²) in [5.41, 5.74) is 1.75. The van der Waals surface area contributed by atoms with Crippen LogP contribution in [0.5, 0.6) is 0 Å². The molecule has 2 amide bonds. The number of nitrogens with one attached hydrogen (secondary N) is 2. The van der Waals surface area contributed by atoms with E-state index in [0.29, 0.717) is 29.8 Å². The zero-order valence-corrected chi connectivity index (χ0v) is 15.4. The van der Waals surface area contributed by atoms with Crippen LogP contribution in [0.4, 0.5) is 11.4 Å². The molecule has 0 radical (unpaired) electrons. The Bertz CT molecular complexity index is 853. The second kappa shape index (κ2) is 7.61. The fourth-order valence-corrected chi connectivity index (χ4v) is 2.81. The van der Waals surface area contributed by atoms with Crippen LogP contribution in [-0.2, 0) is 20.7 Å². The summed E-state index contributed by atoms with van der Waals surface area (Å²) < 4.78 is 4.64. The van der Waals surface area contributed by atoms with Crippen molar-refractivity contribution >= 4 is 29.2 Å². The topological polar surface area (TPSA) is 84.5 Å². The van der Waals surface area contributed by atoms with Gasteiger partial charge >= 0.3 is 5.97 Å². The summed E-state index contributed by atoms with van der Waals surface area (Å²) >= 11 is 0. The monoisotopic (exact) mass is 366 g/mol. The van der Waals surface area contributed by atoms with Gasteiger partial charge in [0.05, 0.1) is 12.7 Å². The summed E-state index contributed by atoms with van der Waals surface area (Å²) in [7, 11) is 1.31. The normalized spacial score (nSPS) is 14.1. The van der Waals surface area contributed by atoms with Crippen molar-refractivity contribution < 1.29 is 19.1 Å². The van der Waals surface area contributed by atoms with Crippen LogP contribution < -0.4 is 10.6 Å². The minimum atomic E-state index is -1.04. The van der Waals surface area contributed by atoms with E-state index in [4.69, 9.17) is 0 Å². The van der Waals surface area contributed by atoms with Crippen molar-refractivity contribution in [3.8, 4) is 0 Å². The fraction of sp³-hybridized carbons (Fsp3) is 0.286. The molecule has 0 bridgehead atoms. The summed E-state index contributed by atoms with van der Waals surface area (Å²) in [5.74, 6) is -1.08. The Morgan fingerprint density at radius 3 is 1.78 bits per heavy atom. The molecule has 27 heavy (non-hydrogen) atoms. The van der Waals surface area contributed by atoms with Gasteiger partial charge in [0.15, 0.2) is 0 Å². The molecule has 0 heterocycles. The van der Waals surface area contributed by atoms with Gasteiger partial charge in [0, 0.05) is 11.4 Å². The van der Waals surface area contributed by atoms with E-state index < -0.39 is 11.4 Å². The highest BCUT2D eigenvalue weighted by Gasteiger charge is 2.56. The molecule has 0 spiro atoms. The Labute approximate surface area is 157 Å². The molecule has 2 aromatic carbocycles. The van der Waals surface area contributed by atoms with Crippen molar-refractivity contribution in [2.24, 2.45) is 5.41 Å². The number of hydrogen-bond donors (Lipinski definition) is 2. The van der Waals surface area contributed by atoms with E-state index in [1.165, 1.54) is 12.7 Å². The van der Waals surface area contributed by atoms with Crippen LogP contribution in [0.15, 0.2) is 48.5 Å². The molecule has 3 rings (SSSR count). The maximum atomic E-state index is 12.6. The Kier molecular flexibility index (Phi) is 5.26. The molecule has 0 aromatic heterocycles. The van der Waals surface area contributed by atoms with E-state index in [-0.39, 0.29) is 11.8 Å². The minimum Gasteiger partial charge on any atom is -0.465 e. The fourth-order valence-electron chi connectivity index (χ4n) is 2.81. The number of methoxy groups -OCH3 is 1. The SMILES string of the molecule is CCc1ccc(NC(=O)C2(C(=O)Nc3ccc(C(=O)OC)cc3)CC2)cc1. The van der Waals surface area contributed by atoms with Gasteiger partial charge in [-0.15, -0.1) is 0 Å². The average Bonchev–Trinajstić information content (AvgIpc) is 3.51. The molecule has 6 nitrogen and oxygen atoms in total. The maximum Gasteiger partial charge on any atom is 0.337 e. The Hall–Kier alpha value is -3.15. The van der Waals surface area contributed by atoms with Gasteiger partial charge in [-0.25, -0.2) is 4.79 Å². The van der Waals surface area contributed by atoms with Crippen LogP contribution in [0, 0.1) is 5.41 Å². The molecule has 1 saturated carbocycles. The number of aryl methyl sites for hydroxylation is 1. The van der Waals surface area contributed by atoms with Crippen LogP contribution >= 0.6 is 0 Å². The second-order valence-electron chi connectivity index (χ2n) is 6.61. The number of amides is 2. The molecule has 140 valence electrons. The highest BCUT2D eigenvalue weighted by atomic mass is 16.5. The molecule has 0 unspecified atom stereocenters. The van der Waals surface area contributed by atoms with Gasteiger partial charge in [-0.2, -0.15) is 0 Å². The van der Waals surface area contributed by atoms with Crippen LogP contribution in [0.1, 0.15) is 35.7 Å². The lowest BCUT2D eigenvalue weighted by Gasteiger charge is -2.16. The van der Waals surface area contributed by atoms with E-state index in [1.54, 1.807) is 24.3 Å². The van der Waals surface area contributed by atoms with Crippen molar-refractivity contribution in [1.29, 1.82) is 0 Å². The minimum absolute atomic E-state index is 0.296. The molecule has 1 fully saturated rings. The number of carbonyl (C=O) groups is 3. The molecule has 2 N–H and O–H groups in total. The van der Waals surface area contributed by atoms with Crippen LogP contribution in [0.25, 0.3) is 0 Å². The molecular weight excluding hydrogens is 344 g/mol. The number of rotatable bonds is 6. The van der Waals surface area contributed by atoms with E-state index in [9.17, 15) is 14.4 Å². The van der Waals surface area contributed by atoms with Gasteiger partial charge in [0.25, 0.3) is 0 Å². The van der Waals surface area contributed by atoms with Crippen molar-refractivity contribution in [3.63, 3.8) is 0 Å². The van der Waals surface area contributed by atoms with Crippen molar-refractivity contribution in [2.45, 2.75) is 26.2 Å². The van der Waals surface area contributed by atoms with Gasteiger partial charge in [-0.05, 0) is 61.2 Å². The second-order valence-corrected chi connectivity index (χ2v) is 6.61. The third-order valence-electron chi connectivity index (χ3n) is 4.80. The summed E-state index contributed by atoms with van der Waals surface area (Å²) in [6, 6.07) is 14.0. The van der Waals surface area contributed by atoms with Crippen LogP contribution in [0.3, 0.4) is 0 Å². The Morgan fingerprint density at radius 1 is 0.889 bits per heavy atom. The lowest BCUT2D eigenvalue weighted by atomic mass is 10.0. The first-order valence-corrected chi connectivity index (χ1v) is 8.89. The number of anilines is 2. The zero-order chi connectivity index (χ0) is 19.4. The summed E-state index contributed by atoms with van der Waals surface area (Å²) in [4.78, 5) is 36.7. The number of esters is 1. The maximum absolute atomic E-state index is 12.6. The predicted molar refractivity (Wildman–Crippen MR) is 103 cm³/mol. The first-order valence-electron chi connectivity index (χ1n) is 8.89. The number of carbonyl (C=O) groups excluding carboxylic acids is 3. The van der Waals surface area contributed by atoms with Gasteiger partial charge in [0.2, 0.25) is 11.8 Å². The highest BCUT2D eigenvalue weighted by molar-refractivity contribution is 6.16. The highest BCUT2D eigenvalue weighted by Crippen LogP contribution is 2.47. The van der Waals surface area contributed by atoms with Crippen molar-refractivity contribution in [3.05, 3.63) is 59.7 Å². The summed E-state index contributed by atoms with van der Waals surface area (Å²) in [5, 5.41) is 5.60. The van der Waals surface area contributed by atoms with E-state index in [1.807, 2.05) is 24.3 Å². The smallest absolute Gasteiger partial charge is 0.337 e. The standard InChI is InChI=1S/C21H22N2O4/c1-3-14-4-8-16(9-5-14)22-19(25)21(12-13-21)20(26)23-17-10-6-15(7-11-17)18(24)27-2/h4-11H,3,12-13H2,1-2H3,(H,22,25)(H,23,26). The van der Waals surface area contributed by atoms with E-state index in [2.05, 4.69) is 22.3 Å². The van der Waals surface area contributed by atoms with Gasteiger partial charge in [0.1, 0.15) is 5.41 Å². The number of benzene rings is 2. The van der Waals surface area contributed by atoms with Crippen LogP contribution in [0.2, 0.25) is 0 Å². The molecule has 1 aliphatic rings. The van der Waals surface area contributed by atoms with Gasteiger partial charge < -0.3 is 15.4 Å². The first-order chi connectivity index (χ1) is 13.0. The molecule has 0 atom stereocenters. The quantitative estimate of drug-likeness (QED) is 0.606. The predicted octanol–water partition coefficient (Wildman–Crippen LogP) is 3.39. The summed E-state index contributed by atoms with van der Waals surface area (Å²) in [6.07, 6.45) is 1.95. The number of hydrogen-bond acceptors (Lipinski definition) is 4. The molecule has 0 saturated heterocycles. The van der Waals surface area contributed by atoms with Crippen molar-refractivity contribution in [2.75, 3.05) is 17.7 Å². The number of ether oxygens (including phenoxy) is 1. The van der Waals surface area contributed by atoms with Crippen molar-refractivity contribution in [1.82, 2.24) is 0 Å². The average molecular weight is 366 g/mol. The lowest BCUT2D eigenvalue weighted by Crippen LogP contribution is -2.35. The van der Waals surface area contributed by atoms with Gasteiger partial charge in [-0.3, -0.25) is 9.59 Å². The van der Waals surface area contributed by atoms with E-state index >= 15 is 0 Å². The first kappa shape index (κ1) is 18.6. The molecule has 1 aliphatic carbocycles. The largest absolute Gasteiger partial charge is 0.465 e. The molecule has 6 heteroatoms. The third kappa shape index (κ3) is 4.00. The molecule has 2 aromatic rings. The van der Waals surface area contributed by atoms with E-state index in [0.717, 1.165) is 6.42 Å². The molecule has 0 aliphatic heterocycles. The Morgan fingerprint density at radius 2 is 1.37 bits per heavy atom. The zero-order valence-electron chi connectivity index (χ0n) is 15.4. The van der Waals surface area contributed by atoms with Gasteiger partial charge in [-0.1, -0.05) is 19.1 Å². The van der Waals surface area contributed by atoms with Crippen LogP contribution in [-0.4, -0.2) is 24.9 Å².